The van der Waals surface area contributed by atoms with Crippen LogP contribution in [0.25, 0.3) is 0 Å². The van der Waals surface area contributed by atoms with Gasteiger partial charge in [0.25, 0.3) is 5.91 Å². The number of aryl methyl sites for hydroxylation is 1. The maximum atomic E-state index is 12.8. The molecule has 0 spiro atoms. The number of methoxy groups -OCH3 is 2. The number of hydrogen-bond acceptors (Lipinski definition) is 3. The summed E-state index contributed by atoms with van der Waals surface area (Å²) in [5.41, 5.74) is 2.94. The first-order valence-electron chi connectivity index (χ1n) is 7.66. The van der Waals surface area contributed by atoms with Gasteiger partial charge in [0.1, 0.15) is 0 Å². The van der Waals surface area contributed by atoms with Crippen LogP contribution in [0.1, 0.15) is 28.4 Å². The normalized spacial score (nSPS) is 10.3. The molecule has 0 fully saturated rings. The predicted molar refractivity (Wildman–Crippen MR) is 91.1 cm³/mol. The number of hydrogen-bond donors (Lipinski definition) is 0. The number of benzene rings is 2. The number of rotatable bonds is 6. The van der Waals surface area contributed by atoms with Gasteiger partial charge in [0, 0.05) is 18.7 Å². The van der Waals surface area contributed by atoms with Crippen molar-refractivity contribution in [2.75, 3.05) is 20.8 Å². The lowest BCUT2D eigenvalue weighted by Gasteiger charge is -2.22. The first-order valence-corrected chi connectivity index (χ1v) is 7.66. The molecule has 0 atom stereocenters. The Morgan fingerprint density at radius 3 is 2.35 bits per heavy atom. The van der Waals surface area contributed by atoms with Gasteiger partial charge in [0.05, 0.1) is 14.2 Å². The summed E-state index contributed by atoms with van der Waals surface area (Å²) in [5.74, 6) is 1.16. The van der Waals surface area contributed by atoms with Crippen molar-refractivity contribution in [2.45, 2.75) is 20.4 Å². The Balaban J connectivity index is 2.24. The number of carbonyl (C=O) groups excluding carboxylic acids is 1. The van der Waals surface area contributed by atoms with Crippen LogP contribution >= 0.6 is 0 Å². The third-order valence-electron chi connectivity index (χ3n) is 3.92. The largest absolute Gasteiger partial charge is 0.493 e. The van der Waals surface area contributed by atoms with Crippen molar-refractivity contribution in [1.82, 2.24) is 4.90 Å². The van der Waals surface area contributed by atoms with Crippen LogP contribution in [-0.4, -0.2) is 31.6 Å². The van der Waals surface area contributed by atoms with Crippen LogP contribution in [0.2, 0.25) is 0 Å². The number of amides is 1. The molecule has 0 aromatic heterocycles. The second-order valence-corrected chi connectivity index (χ2v) is 5.32. The molecule has 0 aliphatic heterocycles. The Morgan fingerprint density at radius 1 is 1.04 bits per heavy atom. The number of nitrogens with zero attached hydrogens (tertiary/aromatic N) is 1. The average molecular weight is 313 g/mol. The molecule has 2 rings (SSSR count). The molecule has 122 valence electrons. The summed E-state index contributed by atoms with van der Waals surface area (Å²) < 4.78 is 10.5. The van der Waals surface area contributed by atoms with Gasteiger partial charge in [-0.05, 0) is 43.2 Å². The van der Waals surface area contributed by atoms with E-state index in [0.29, 0.717) is 30.2 Å². The van der Waals surface area contributed by atoms with Crippen molar-refractivity contribution < 1.29 is 14.3 Å². The summed E-state index contributed by atoms with van der Waals surface area (Å²) in [6.07, 6.45) is 0. The van der Waals surface area contributed by atoms with Crippen LogP contribution in [0.5, 0.6) is 11.5 Å². The maximum absolute atomic E-state index is 12.8. The van der Waals surface area contributed by atoms with E-state index < -0.39 is 0 Å². The second-order valence-electron chi connectivity index (χ2n) is 5.32. The highest BCUT2D eigenvalue weighted by molar-refractivity contribution is 5.95. The average Bonchev–Trinajstić information content (AvgIpc) is 2.59. The zero-order valence-electron chi connectivity index (χ0n) is 14.1. The molecule has 23 heavy (non-hydrogen) atoms. The SMILES string of the molecule is CCN(Cc1ccccc1C)C(=O)c1ccc(OC)c(OC)c1. The molecular weight excluding hydrogens is 290 g/mol. The van der Waals surface area contributed by atoms with Crippen LogP contribution < -0.4 is 9.47 Å². The molecule has 0 heterocycles. The van der Waals surface area contributed by atoms with E-state index in [2.05, 4.69) is 19.1 Å². The lowest BCUT2D eigenvalue weighted by atomic mass is 10.1. The van der Waals surface area contributed by atoms with E-state index in [9.17, 15) is 4.79 Å². The van der Waals surface area contributed by atoms with E-state index in [1.54, 1.807) is 32.4 Å². The van der Waals surface area contributed by atoms with Crippen LogP contribution in [0.15, 0.2) is 42.5 Å². The summed E-state index contributed by atoms with van der Waals surface area (Å²) >= 11 is 0. The Kier molecular flexibility index (Phi) is 5.63. The van der Waals surface area contributed by atoms with E-state index in [1.165, 1.54) is 5.56 Å². The van der Waals surface area contributed by atoms with Crippen molar-refractivity contribution in [2.24, 2.45) is 0 Å². The quantitative estimate of drug-likeness (QED) is 0.816. The molecule has 0 saturated heterocycles. The van der Waals surface area contributed by atoms with Crippen molar-refractivity contribution in [3.63, 3.8) is 0 Å². The molecule has 0 radical (unpaired) electrons. The number of ether oxygens (including phenoxy) is 2. The van der Waals surface area contributed by atoms with Gasteiger partial charge in [-0.3, -0.25) is 4.79 Å². The van der Waals surface area contributed by atoms with Crippen LogP contribution in [0.4, 0.5) is 0 Å². The summed E-state index contributed by atoms with van der Waals surface area (Å²) in [6.45, 7) is 5.28. The van der Waals surface area contributed by atoms with Gasteiger partial charge in [0.15, 0.2) is 11.5 Å². The highest BCUT2D eigenvalue weighted by Crippen LogP contribution is 2.28. The highest BCUT2D eigenvalue weighted by atomic mass is 16.5. The monoisotopic (exact) mass is 313 g/mol. The van der Waals surface area contributed by atoms with Gasteiger partial charge in [-0.1, -0.05) is 24.3 Å². The summed E-state index contributed by atoms with van der Waals surface area (Å²) in [6, 6.07) is 13.4. The van der Waals surface area contributed by atoms with Gasteiger partial charge < -0.3 is 14.4 Å². The van der Waals surface area contributed by atoms with Gasteiger partial charge in [-0.15, -0.1) is 0 Å². The fourth-order valence-corrected chi connectivity index (χ4v) is 2.47. The second kappa shape index (κ2) is 7.68. The van der Waals surface area contributed by atoms with Gasteiger partial charge in [0.2, 0.25) is 0 Å². The highest BCUT2D eigenvalue weighted by Gasteiger charge is 2.17. The van der Waals surface area contributed by atoms with E-state index in [-0.39, 0.29) is 5.91 Å². The molecule has 0 N–H and O–H groups in total. The molecule has 1 amide bonds. The Hall–Kier alpha value is -2.49. The van der Waals surface area contributed by atoms with Crippen molar-refractivity contribution in [3.05, 3.63) is 59.2 Å². The molecular formula is C19H23NO3. The van der Waals surface area contributed by atoms with Gasteiger partial charge >= 0.3 is 0 Å². The van der Waals surface area contributed by atoms with Crippen molar-refractivity contribution in [3.8, 4) is 11.5 Å². The van der Waals surface area contributed by atoms with Gasteiger partial charge in [-0.2, -0.15) is 0 Å². The minimum absolute atomic E-state index is 0.0169. The number of carbonyl (C=O) groups is 1. The van der Waals surface area contributed by atoms with E-state index >= 15 is 0 Å². The topological polar surface area (TPSA) is 38.8 Å². The van der Waals surface area contributed by atoms with Crippen LogP contribution in [0, 0.1) is 6.92 Å². The molecule has 4 nitrogen and oxygen atoms in total. The molecule has 0 aliphatic carbocycles. The zero-order chi connectivity index (χ0) is 16.8. The van der Waals surface area contributed by atoms with E-state index in [1.807, 2.05) is 24.0 Å². The van der Waals surface area contributed by atoms with Crippen molar-refractivity contribution >= 4 is 5.91 Å². The van der Waals surface area contributed by atoms with E-state index in [4.69, 9.17) is 9.47 Å². The third kappa shape index (κ3) is 3.83. The minimum Gasteiger partial charge on any atom is -0.493 e. The van der Waals surface area contributed by atoms with Crippen LogP contribution in [-0.2, 0) is 6.54 Å². The molecule has 2 aromatic carbocycles. The van der Waals surface area contributed by atoms with Crippen LogP contribution in [0.3, 0.4) is 0 Å². The van der Waals surface area contributed by atoms with E-state index in [0.717, 1.165) is 5.56 Å². The fourth-order valence-electron chi connectivity index (χ4n) is 2.47. The lowest BCUT2D eigenvalue weighted by Crippen LogP contribution is -2.30. The summed E-state index contributed by atoms with van der Waals surface area (Å²) in [4.78, 5) is 14.6. The Labute approximate surface area is 137 Å². The first-order chi connectivity index (χ1) is 11.1. The Bertz CT molecular complexity index is 682. The maximum Gasteiger partial charge on any atom is 0.254 e. The molecule has 0 saturated carbocycles. The standard InChI is InChI=1S/C19H23NO3/c1-5-20(13-16-9-7-6-8-14(16)2)19(21)15-10-11-17(22-3)18(12-15)23-4/h6-12H,5,13H2,1-4H3. The smallest absolute Gasteiger partial charge is 0.254 e. The lowest BCUT2D eigenvalue weighted by molar-refractivity contribution is 0.0752. The molecule has 0 aliphatic rings. The first kappa shape index (κ1) is 16.9. The minimum atomic E-state index is -0.0169. The predicted octanol–water partition coefficient (Wildman–Crippen LogP) is 3.67. The zero-order valence-corrected chi connectivity index (χ0v) is 14.1. The van der Waals surface area contributed by atoms with Gasteiger partial charge in [-0.25, -0.2) is 0 Å². The molecule has 4 heteroatoms. The molecule has 2 aromatic rings. The van der Waals surface area contributed by atoms with Crippen molar-refractivity contribution in [1.29, 1.82) is 0 Å². The Morgan fingerprint density at radius 2 is 1.74 bits per heavy atom. The third-order valence-corrected chi connectivity index (χ3v) is 3.92. The fraction of sp³-hybridized carbons (Fsp3) is 0.316. The summed E-state index contributed by atoms with van der Waals surface area (Å²) in [7, 11) is 3.15. The molecule has 0 bridgehead atoms. The molecule has 0 unspecified atom stereocenters. The summed E-state index contributed by atoms with van der Waals surface area (Å²) in [5, 5.41) is 0.